The summed E-state index contributed by atoms with van der Waals surface area (Å²) in [7, 11) is -5.50. The first-order valence-electron chi connectivity index (χ1n) is 12.3. The van der Waals surface area contributed by atoms with Gasteiger partial charge < -0.3 is 19.0 Å². The summed E-state index contributed by atoms with van der Waals surface area (Å²) in [6, 6.07) is 7.26. The van der Waals surface area contributed by atoms with Gasteiger partial charge in [0.15, 0.2) is 14.9 Å². The van der Waals surface area contributed by atoms with Crippen molar-refractivity contribution in [3.05, 3.63) is 42.1 Å². The van der Waals surface area contributed by atoms with Crippen LogP contribution in [0, 0.1) is 0 Å². The van der Waals surface area contributed by atoms with Crippen molar-refractivity contribution < 1.29 is 32.2 Å². The smallest absolute Gasteiger partial charge is 0.335 e. The molecule has 1 N–H and O–H groups in total. The highest BCUT2D eigenvalue weighted by Gasteiger charge is 2.45. The average Bonchev–Trinajstić information content (AvgIpc) is 2.79. The average molecular weight is 538 g/mol. The highest BCUT2D eigenvalue weighted by Crippen LogP contribution is 2.42. The molecule has 0 radical (unpaired) electrons. The van der Waals surface area contributed by atoms with Crippen LogP contribution in [0.15, 0.2) is 41.6 Å². The maximum atomic E-state index is 12.0. The van der Waals surface area contributed by atoms with Crippen LogP contribution in [0.5, 0.6) is 17.2 Å². The molecule has 0 bridgehead atoms. The molecule has 1 heterocycles. The first-order chi connectivity index (χ1) is 16.7. The molecule has 0 spiro atoms. The van der Waals surface area contributed by atoms with E-state index in [-0.39, 0.29) is 33.9 Å². The van der Waals surface area contributed by atoms with Gasteiger partial charge in [0, 0.05) is 6.07 Å². The van der Waals surface area contributed by atoms with E-state index in [1.165, 1.54) is 30.5 Å². The minimum absolute atomic E-state index is 0.00372. The standard InChI is InChI=1S/C26H39NO7SSi/c1-9-35(30,31)25-11-10-22(15-27-25)34-24-13-21(26(28)29)12-23(14-24)33-20(8)16-32-36(17(2)3,18(4)5)19(6)7/h10-15,17-20H,9,16H2,1-8H3,(H,28,29)/t20-/m0/s1. The van der Waals surface area contributed by atoms with E-state index >= 15 is 0 Å². The first-order valence-corrected chi connectivity index (χ1v) is 16.1. The Morgan fingerprint density at radius 1 is 0.944 bits per heavy atom. The molecule has 0 aliphatic carbocycles. The third-order valence-electron chi connectivity index (χ3n) is 6.38. The first kappa shape index (κ1) is 29.8. The number of carbonyl (C=O) groups is 1. The van der Waals surface area contributed by atoms with Gasteiger partial charge in [-0.25, -0.2) is 18.2 Å². The Morgan fingerprint density at radius 2 is 1.53 bits per heavy atom. The molecule has 0 amide bonds. The summed E-state index contributed by atoms with van der Waals surface area (Å²) in [5.41, 5.74) is 1.32. The van der Waals surface area contributed by atoms with Crippen molar-refractivity contribution in [3.8, 4) is 17.2 Å². The monoisotopic (exact) mass is 537 g/mol. The van der Waals surface area contributed by atoms with Gasteiger partial charge >= 0.3 is 5.97 Å². The Balaban J connectivity index is 2.22. The van der Waals surface area contributed by atoms with Crippen LogP contribution in [-0.4, -0.2) is 51.3 Å². The van der Waals surface area contributed by atoms with Gasteiger partial charge in [0.2, 0.25) is 8.32 Å². The second-order valence-corrected chi connectivity index (χ2v) is 17.6. The van der Waals surface area contributed by atoms with Crippen molar-refractivity contribution >= 4 is 24.1 Å². The number of carboxylic acid groups (broad SMARTS) is 1. The molecule has 1 aromatic heterocycles. The van der Waals surface area contributed by atoms with Crippen molar-refractivity contribution in [2.45, 2.75) is 83.1 Å². The molecule has 10 heteroatoms. The summed E-state index contributed by atoms with van der Waals surface area (Å²) in [4.78, 5) is 15.7. The van der Waals surface area contributed by atoms with Crippen LogP contribution in [0.2, 0.25) is 16.6 Å². The van der Waals surface area contributed by atoms with Gasteiger partial charge in [-0.2, -0.15) is 0 Å². The maximum absolute atomic E-state index is 12.0. The van der Waals surface area contributed by atoms with E-state index in [4.69, 9.17) is 13.9 Å². The number of benzene rings is 1. The number of pyridine rings is 1. The van der Waals surface area contributed by atoms with Crippen molar-refractivity contribution in [2.24, 2.45) is 0 Å². The van der Waals surface area contributed by atoms with Crippen molar-refractivity contribution in [1.82, 2.24) is 4.98 Å². The number of aromatic carboxylic acids is 1. The zero-order valence-corrected chi connectivity index (χ0v) is 24.3. The highest BCUT2D eigenvalue weighted by atomic mass is 32.2. The molecule has 0 saturated heterocycles. The zero-order valence-electron chi connectivity index (χ0n) is 22.4. The number of nitrogens with zero attached hydrogens (tertiary/aromatic N) is 1. The van der Waals surface area contributed by atoms with Crippen LogP contribution in [0.4, 0.5) is 0 Å². The van der Waals surface area contributed by atoms with Crippen LogP contribution >= 0.6 is 0 Å². The second kappa shape index (κ2) is 12.2. The van der Waals surface area contributed by atoms with Crippen LogP contribution in [0.25, 0.3) is 0 Å². The molecule has 1 atom stereocenters. The Hall–Kier alpha value is -2.43. The lowest BCUT2D eigenvalue weighted by molar-refractivity contribution is 0.0695. The molecule has 0 fully saturated rings. The molecule has 200 valence electrons. The van der Waals surface area contributed by atoms with Gasteiger partial charge in [0.25, 0.3) is 0 Å². The zero-order chi connectivity index (χ0) is 27.3. The van der Waals surface area contributed by atoms with E-state index in [9.17, 15) is 18.3 Å². The predicted molar refractivity (Wildman–Crippen MR) is 143 cm³/mol. The van der Waals surface area contributed by atoms with E-state index < -0.39 is 24.1 Å². The minimum Gasteiger partial charge on any atom is -0.488 e. The van der Waals surface area contributed by atoms with Crippen LogP contribution in [0.3, 0.4) is 0 Å². The molecular weight excluding hydrogens is 498 g/mol. The van der Waals surface area contributed by atoms with Gasteiger partial charge in [-0.3, -0.25) is 0 Å². The van der Waals surface area contributed by atoms with Gasteiger partial charge in [0.05, 0.1) is 24.1 Å². The lowest BCUT2D eigenvalue weighted by Gasteiger charge is -2.42. The third-order valence-corrected chi connectivity index (χ3v) is 14.1. The number of hydrogen-bond acceptors (Lipinski definition) is 7. The molecule has 0 aliphatic heterocycles. The minimum atomic E-state index is -3.43. The van der Waals surface area contributed by atoms with E-state index in [1.807, 2.05) is 6.92 Å². The summed E-state index contributed by atoms with van der Waals surface area (Å²) in [5, 5.41) is 9.53. The van der Waals surface area contributed by atoms with E-state index in [0.29, 0.717) is 29.0 Å². The van der Waals surface area contributed by atoms with Gasteiger partial charge in [-0.1, -0.05) is 48.5 Å². The SMILES string of the molecule is CCS(=O)(=O)c1ccc(Oc2cc(O[C@@H](C)CO[Si](C(C)C)(C(C)C)C(C)C)cc(C(=O)O)c2)cn1. The lowest BCUT2D eigenvalue weighted by Crippen LogP contribution is -2.49. The number of ether oxygens (including phenoxy) is 2. The van der Waals surface area contributed by atoms with Gasteiger partial charge in [-0.15, -0.1) is 0 Å². The number of carboxylic acids is 1. The van der Waals surface area contributed by atoms with Crippen LogP contribution in [-0.2, 0) is 14.3 Å². The Kier molecular flexibility index (Phi) is 10.1. The largest absolute Gasteiger partial charge is 0.488 e. The fraction of sp³-hybridized carbons (Fsp3) is 0.538. The van der Waals surface area contributed by atoms with Crippen molar-refractivity contribution in [1.29, 1.82) is 0 Å². The molecule has 0 unspecified atom stereocenters. The summed E-state index contributed by atoms with van der Waals surface area (Å²) < 4.78 is 42.4. The number of aromatic nitrogens is 1. The maximum Gasteiger partial charge on any atom is 0.335 e. The Labute approximate surface area is 216 Å². The summed E-state index contributed by atoms with van der Waals surface area (Å²) in [6.45, 7) is 17.1. The predicted octanol–water partition coefficient (Wildman–Crippen LogP) is 6.33. The number of hydrogen-bond donors (Lipinski definition) is 1. The molecule has 2 rings (SSSR count). The molecule has 1 aromatic carbocycles. The number of rotatable bonds is 13. The third kappa shape index (κ3) is 7.07. The van der Waals surface area contributed by atoms with Crippen molar-refractivity contribution in [3.63, 3.8) is 0 Å². The summed E-state index contributed by atoms with van der Waals surface area (Å²) in [6.07, 6.45) is 0.978. The Bertz CT molecular complexity index is 1110. The molecule has 36 heavy (non-hydrogen) atoms. The van der Waals surface area contributed by atoms with Crippen LogP contribution in [0.1, 0.15) is 65.7 Å². The fourth-order valence-corrected chi connectivity index (χ4v) is 11.1. The normalized spacial score (nSPS) is 13.3. The van der Waals surface area contributed by atoms with E-state index in [2.05, 4.69) is 46.5 Å². The van der Waals surface area contributed by atoms with Crippen molar-refractivity contribution in [2.75, 3.05) is 12.4 Å². The molecule has 8 nitrogen and oxygen atoms in total. The highest BCUT2D eigenvalue weighted by molar-refractivity contribution is 7.91. The van der Waals surface area contributed by atoms with Crippen LogP contribution < -0.4 is 9.47 Å². The van der Waals surface area contributed by atoms with E-state index in [0.717, 1.165) is 0 Å². The van der Waals surface area contributed by atoms with Gasteiger partial charge in [0.1, 0.15) is 23.4 Å². The molecule has 0 saturated carbocycles. The fourth-order valence-electron chi connectivity index (χ4n) is 4.75. The molecule has 0 aliphatic rings. The van der Waals surface area contributed by atoms with Gasteiger partial charge in [-0.05, 0) is 47.8 Å². The summed E-state index contributed by atoms with van der Waals surface area (Å²) >= 11 is 0. The molecule has 2 aromatic rings. The lowest BCUT2D eigenvalue weighted by atomic mass is 10.2. The molecular formula is C26H39NO7SSi. The Morgan fingerprint density at radius 3 is 2.00 bits per heavy atom. The quantitative estimate of drug-likeness (QED) is 0.295. The second-order valence-electron chi connectivity index (χ2n) is 9.89. The topological polar surface area (TPSA) is 112 Å². The summed E-state index contributed by atoms with van der Waals surface area (Å²) in [5.74, 6) is -0.330. The van der Waals surface area contributed by atoms with E-state index in [1.54, 1.807) is 13.0 Å². The number of sulfone groups is 1.